The lowest BCUT2D eigenvalue weighted by molar-refractivity contribution is 0.332. The fourth-order valence-electron chi connectivity index (χ4n) is 3.86. The van der Waals surface area contributed by atoms with Gasteiger partial charge in [-0.3, -0.25) is 0 Å². The van der Waals surface area contributed by atoms with Gasteiger partial charge < -0.3 is 0 Å². The summed E-state index contributed by atoms with van der Waals surface area (Å²) in [7, 11) is -2.96. The van der Waals surface area contributed by atoms with Gasteiger partial charge >= 0.3 is 0 Å². The molecule has 3 nitrogen and oxygen atoms in total. The van der Waals surface area contributed by atoms with Crippen LogP contribution < -0.4 is 0 Å². The van der Waals surface area contributed by atoms with Gasteiger partial charge in [0.25, 0.3) is 0 Å². The van der Waals surface area contributed by atoms with Crippen molar-refractivity contribution in [3.63, 3.8) is 0 Å². The molecule has 3 aliphatic rings. The van der Waals surface area contributed by atoms with Crippen molar-refractivity contribution < 1.29 is 8.42 Å². The lowest BCUT2D eigenvalue weighted by Gasteiger charge is -2.32. The van der Waals surface area contributed by atoms with Crippen molar-refractivity contribution in [3.8, 4) is 0 Å². The Balaban J connectivity index is 1.77. The minimum atomic E-state index is -2.96. The molecule has 2 bridgehead atoms. The summed E-state index contributed by atoms with van der Waals surface area (Å²) < 4.78 is 26.8. The van der Waals surface area contributed by atoms with Gasteiger partial charge in [-0.05, 0) is 43.9 Å². The first kappa shape index (κ1) is 11.0. The maximum absolute atomic E-state index is 12.5. The van der Waals surface area contributed by atoms with Crippen LogP contribution in [-0.4, -0.2) is 31.1 Å². The highest BCUT2D eigenvalue weighted by Crippen LogP contribution is 2.48. The molecule has 0 amide bonds. The number of hydrogen-bond acceptors (Lipinski definition) is 2. The van der Waals surface area contributed by atoms with E-state index in [1.54, 1.807) is 4.31 Å². The van der Waals surface area contributed by atoms with Crippen LogP contribution in [0.3, 0.4) is 0 Å². The van der Waals surface area contributed by atoms with Gasteiger partial charge in [0.05, 0.1) is 5.25 Å². The third-order valence-electron chi connectivity index (χ3n) is 4.73. The molecular formula is C12H21NO2S. The van der Waals surface area contributed by atoms with E-state index in [1.807, 2.05) is 0 Å². The molecule has 3 unspecified atom stereocenters. The maximum Gasteiger partial charge on any atom is 0.217 e. The molecule has 1 saturated heterocycles. The number of piperidine rings is 1. The smallest absolute Gasteiger partial charge is 0.212 e. The van der Waals surface area contributed by atoms with Gasteiger partial charge in [-0.15, -0.1) is 0 Å². The van der Waals surface area contributed by atoms with Crippen LogP contribution in [0.5, 0.6) is 0 Å². The maximum atomic E-state index is 12.5. The molecule has 4 heteroatoms. The Morgan fingerprint density at radius 1 is 0.938 bits per heavy atom. The molecule has 0 aromatic rings. The first-order valence-electron chi connectivity index (χ1n) is 6.67. The Hall–Kier alpha value is -0.0900. The van der Waals surface area contributed by atoms with Crippen LogP contribution in [-0.2, 0) is 10.0 Å². The number of nitrogens with zero attached hydrogens (tertiary/aromatic N) is 1. The van der Waals surface area contributed by atoms with Crippen LogP contribution in [0.15, 0.2) is 0 Å². The van der Waals surface area contributed by atoms with Crippen molar-refractivity contribution in [1.29, 1.82) is 0 Å². The third kappa shape index (κ3) is 1.70. The Morgan fingerprint density at radius 2 is 1.69 bits per heavy atom. The molecule has 3 atom stereocenters. The van der Waals surface area contributed by atoms with E-state index in [2.05, 4.69) is 0 Å². The Morgan fingerprint density at radius 3 is 2.25 bits per heavy atom. The summed E-state index contributed by atoms with van der Waals surface area (Å²) in [5, 5.41) is -0.0238. The van der Waals surface area contributed by atoms with E-state index in [9.17, 15) is 8.42 Å². The molecule has 16 heavy (non-hydrogen) atoms. The van der Waals surface area contributed by atoms with Gasteiger partial charge in [-0.2, -0.15) is 0 Å². The molecule has 0 N–H and O–H groups in total. The van der Waals surface area contributed by atoms with Gasteiger partial charge in [0.2, 0.25) is 10.0 Å². The van der Waals surface area contributed by atoms with E-state index in [0.717, 1.165) is 44.7 Å². The van der Waals surface area contributed by atoms with Crippen molar-refractivity contribution >= 4 is 10.0 Å². The third-order valence-corrected chi connectivity index (χ3v) is 7.16. The zero-order valence-corrected chi connectivity index (χ0v) is 10.6. The fourth-order valence-corrected chi connectivity index (χ4v) is 6.26. The summed E-state index contributed by atoms with van der Waals surface area (Å²) in [4.78, 5) is 0. The van der Waals surface area contributed by atoms with E-state index < -0.39 is 10.0 Å². The molecule has 1 aliphatic heterocycles. The quantitative estimate of drug-likeness (QED) is 0.744. The summed E-state index contributed by atoms with van der Waals surface area (Å²) in [6.45, 7) is 1.55. The van der Waals surface area contributed by atoms with E-state index in [4.69, 9.17) is 0 Å². The van der Waals surface area contributed by atoms with Crippen molar-refractivity contribution in [1.82, 2.24) is 4.31 Å². The van der Waals surface area contributed by atoms with E-state index in [0.29, 0.717) is 5.92 Å². The second-order valence-corrected chi connectivity index (χ2v) is 7.87. The highest BCUT2D eigenvalue weighted by molar-refractivity contribution is 7.89. The van der Waals surface area contributed by atoms with E-state index in [-0.39, 0.29) is 5.25 Å². The van der Waals surface area contributed by atoms with Crippen molar-refractivity contribution in [2.45, 2.75) is 50.2 Å². The molecule has 2 aliphatic carbocycles. The molecule has 0 aromatic carbocycles. The minimum absolute atomic E-state index is 0.0238. The molecular weight excluding hydrogens is 222 g/mol. The lowest BCUT2D eigenvalue weighted by Crippen LogP contribution is -2.43. The van der Waals surface area contributed by atoms with Gasteiger partial charge in [0.1, 0.15) is 0 Å². The predicted molar refractivity (Wildman–Crippen MR) is 63.6 cm³/mol. The molecule has 3 fully saturated rings. The van der Waals surface area contributed by atoms with Crippen LogP contribution in [0.4, 0.5) is 0 Å². The normalized spacial score (nSPS) is 40.4. The average Bonchev–Trinajstić information content (AvgIpc) is 2.92. The molecule has 0 radical (unpaired) electrons. The second kappa shape index (κ2) is 3.98. The number of rotatable bonds is 2. The largest absolute Gasteiger partial charge is 0.217 e. The molecule has 92 valence electrons. The first-order valence-corrected chi connectivity index (χ1v) is 8.17. The zero-order chi connectivity index (χ0) is 11.2. The van der Waals surface area contributed by atoms with Crippen LogP contribution in [0, 0.1) is 11.8 Å². The minimum Gasteiger partial charge on any atom is -0.212 e. The topological polar surface area (TPSA) is 37.4 Å². The Labute approximate surface area is 98.3 Å². The van der Waals surface area contributed by atoms with E-state index in [1.165, 1.54) is 19.3 Å². The lowest BCUT2D eigenvalue weighted by atomic mass is 10.0. The summed E-state index contributed by atoms with van der Waals surface area (Å²) in [5.41, 5.74) is 0. The summed E-state index contributed by atoms with van der Waals surface area (Å²) in [5.74, 6) is 1.20. The highest BCUT2D eigenvalue weighted by atomic mass is 32.2. The van der Waals surface area contributed by atoms with Crippen molar-refractivity contribution in [3.05, 3.63) is 0 Å². The van der Waals surface area contributed by atoms with Gasteiger partial charge in [0, 0.05) is 13.1 Å². The van der Waals surface area contributed by atoms with Crippen LogP contribution >= 0.6 is 0 Å². The number of hydrogen-bond donors (Lipinski definition) is 0. The molecule has 0 aromatic heterocycles. The van der Waals surface area contributed by atoms with Gasteiger partial charge in [-0.1, -0.05) is 12.8 Å². The van der Waals surface area contributed by atoms with Crippen molar-refractivity contribution in [2.75, 3.05) is 13.1 Å². The molecule has 0 spiro atoms. The predicted octanol–water partition coefficient (Wildman–Crippen LogP) is 1.99. The Kier molecular flexibility index (Phi) is 2.75. The second-order valence-electron chi connectivity index (χ2n) is 5.72. The van der Waals surface area contributed by atoms with Gasteiger partial charge in [0.15, 0.2) is 0 Å². The molecule has 3 rings (SSSR count). The van der Waals surface area contributed by atoms with Crippen LogP contribution in [0.25, 0.3) is 0 Å². The molecule has 2 saturated carbocycles. The fraction of sp³-hybridized carbons (Fsp3) is 1.00. The average molecular weight is 243 g/mol. The number of fused-ring (bicyclic) bond motifs is 2. The standard InChI is InChI=1S/C12H21NO2S/c14-16(15,13-6-2-1-3-7-13)12-9-10-4-5-11(12)8-10/h10-12H,1-9H2. The van der Waals surface area contributed by atoms with Crippen LogP contribution in [0.1, 0.15) is 44.9 Å². The van der Waals surface area contributed by atoms with E-state index >= 15 is 0 Å². The van der Waals surface area contributed by atoms with Gasteiger partial charge in [-0.25, -0.2) is 12.7 Å². The summed E-state index contributed by atoms with van der Waals surface area (Å²) in [6.07, 6.45) is 7.86. The molecule has 1 heterocycles. The van der Waals surface area contributed by atoms with Crippen LogP contribution in [0.2, 0.25) is 0 Å². The summed E-state index contributed by atoms with van der Waals surface area (Å²) in [6, 6.07) is 0. The first-order chi connectivity index (χ1) is 7.68. The number of sulfonamides is 1. The van der Waals surface area contributed by atoms with Crippen molar-refractivity contribution in [2.24, 2.45) is 11.8 Å². The summed E-state index contributed by atoms with van der Waals surface area (Å²) >= 11 is 0. The SMILES string of the molecule is O=S(=O)(C1CC2CCC1C2)N1CCCCC1. The Bertz CT molecular complexity index is 359. The highest BCUT2D eigenvalue weighted by Gasteiger charge is 2.47. The monoisotopic (exact) mass is 243 g/mol. The zero-order valence-electron chi connectivity index (χ0n) is 9.77.